The van der Waals surface area contributed by atoms with Gasteiger partial charge in [0.15, 0.2) is 0 Å². The van der Waals surface area contributed by atoms with Crippen molar-refractivity contribution in [2.24, 2.45) is 0 Å². The third-order valence-corrected chi connectivity index (χ3v) is 2.77. The van der Waals surface area contributed by atoms with Gasteiger partial charge in [0.1, 0.15) is 0 Å². The van der Waals surface area contributed by atoms with E-state index in [9.17, 15) is 0 Å². The normalized spacial score (nSPS) is 10.5. The zero-order chi connectivity index (χ0) is 9.10. The smallest absolute Gasteiger partial charge is 0.0157 e. The molecule has 2 aromatic carbocycles. The van der Waals surface area contributed by atoms with Gasteiger partial charge in [-0.1, -0.05) is 37.3 Å². The summed E-state index contributed by atoms with van der Waals surface area (Å²) in [6, 6.07) is 16.0. The Bertz CT molecular complexity index is 407. The number of thioether (sulfide) groups is 1. The Hall–Kier alpha value is -0.950. The van der Waals surface area contributed by atoms with Gasteiger partial charge in [-0.25, -0.2) is 0 Å². The molecule has 0 atom stereocenters. The van der Waals surface area contributed by atoms with Crippen LogP contribution in [0.5, 0.6) is 0 Å². The van der Waals surface area contributed by atoms with Crippen LogP contribution in [0.15, 0.2) is 41.3 Å². The standard InChI is InChI=1S/C12H11S/c1-2-13-12-8-7-10-5-3-4-6-11(10)9-12/h3-8H,2H2,1H3. The molecule has 0 aliphatic carbocycles. The SMILES string of the molecule is CCSc1[c]c2ccccc2cc1. The fourth-order valence-corrected chi connectivity index (χ4v) is 1.99. The van der Waals surface area contributed by atoms with E-state index in [4.69, 9.17) is 0 Å². The first kappa shape index (κ1) is 8.64. The first-order valence-corrected chi connectivity index (χ1v) is 5.42. The van der Waals surface area contributed by atoms with Gasteiger partial charge in [-0.2, -0.15) is 0 Å². The lowest BCUT2D eigenvalue weighted by Crippen LogP contribution is -1.75. The first-order chi connectivity index (χ1) is 6.40. The molecule has 0 aromatic heterocycles. The second-order valence-corrected chi connectivity index (χ2v) is 4.15. The minimum Gasteiger partial charge on any atom is -0.126 e. The molecule has 2 rings (SSSR count). The minimum absolute atomic E-state index is 1.11. The van der Waals surface area contributed by atoms with Gasteiger partial charge in [-0.15, -0.1) is 11.8 Å². The number of hydrogen-bond donors (Lipinski definition) is 0. The second kappa shape index (κ2) is 3.84. The van der Waals surface area contributed by atoms with E-state index in [-0.39, 0.29) is 0 Å². The highest BCUT2D eigenvalue weighted by molar-refractivity contribution is 7.99. The van der Waals surface area contributed by atoms with E-state index in [0.29, 0.717) is 0 Å². The maximum Gasteiger partial charge on any atom is 0.0157 e. The molecular formula is C12H11S. The Morgan fingerprint density at radius 3 is 2.85 bits per heavy atom. The quantitative estimate of drug-likeness (QED) is 0.645. The molecule has 1 heteroatoms. The number of fused-ring (bicyclic) bond motifs is 1. The van der Waals surface area contributed by atoms with Gasteiger partial charge < -0.3 is 0 Å². The third kappa shape index (κ3) is 1.86. The van der Waals surface area contributed by atoms with Gasteiger partial charge in [-0.05, 0) is 22.6 Å². The summed E-state index contributed by atoms with van der Waals surface area (Å²) in [6.07, 6.45) is 0. The summed E-state index contributed by atoms with van der Waals surface area (Å²) in [6.45, 7) is 2.16. The van der Waals surface area contributed by atoms with Crippen molar-refractivity contribution in [3.63, 3.8) is 0 Å². The second-order valence-electron chi connectivity index (χ2n) is 2.84. The molecule has 0 spiro atoms. The highest BCUT2D eigenvalue weighted by atomic mass is 32.2. The number of rotatable bonds is 2. The van der Waals surface area contributed by atoms with Crippen molar-refractivity contribution in [1.82, 2.24) is 0 Å². The van der Waals surface area contributed by atoms with Crippen LogP contribution in [0.25, 0.3) is 10.8 Å². The lowest BCUT2D eigenvalue weighted by molar-refractivity contribution is 1.44. The lowest BCUT2D eigenvalue weighted by Gasteiger charge is -2.00. The first-order valence-electron chi connectivity index (χ1n) is 4.44. The van der Waals surface area contributed by atoms with Gasteiger partial charge in [0.05, 0.1) is 0 Å². The molecule has 1 radical (unpaired) electrons. The molecule has 0 amide bonds. The van der Waals surface area contributed by atoms with E-state index in [2.05, 4.69) is 49.4 Å². The molecule has 2 aromatic rings. The van der Waals surface area contributed by atoms with Crippen LogP contribution in [-0.4, -0.2) is 5.75 Å². The molecule has 0 saturated heterocycles. The lowest BCUT2D eigenvalue weighted by atomic mass is 10.1. The monoisotopic (exact) mass is 187 g/mol. The number of benzene rings is 2. The minimum atomic E-state index is 1.11. The van der Waals surface area contributed by atoms with Crippen LogP contribution in [-0.2, 0) is 0 Å². The van der Waals surface area contributed by atoms with Crippen molar-refractivity contribution in [2.45, 2.75) is 11.8 Å². The van der Waals surface area contributed by atoms with E-state index in [1.54, 1.807) is 0 Å². The molecule has 0 heterocycles. The van der Waals surface area contributed by atoms with Crippen LogP contribution in [0.1, 0.15) is 6.92 Å². The topological polar surface area (TPSA) is 0 Å². The Balaban J connectivity index is 2.49. The Morgan fingerprint density at radius 1 is 1.15 bits per heavy atom. The largest absolute Gasteiger partial charge is 0.126 e. The molecular weight excluding hydrogens is 176 g/mol. The van der Waals surface area contributed by atoms with Gasteiger partial charge in [0.25, 0.3) is 0 Å². The van der Waals surface area contributed by atoms with Crippen molar-refractivity contribution >= 4 is 22.5 Å². The fraction of sp³-hybridized carbons (Fsp3) is 0.167. The van der Waals surface area contributed by atoms with Crippen LogP contribution in [0, 0.1) is 6.07 Å². The predicted molar refractivity (Wildman–Crippen MR) is 59.2 cm³/mol. The maximum absolute atomic E-state index is 3.39. The summed E-state index contributed by atoms with van der Waals surface area (Å²) >= 11 is 1.83. The van der Waals surface area contributed by atoms with Gasteiger partial charge in [-0.3, -0.25) is 0 Å². The molecule has 65 valence electrons. The Labute approximate surface area is 83.0 Å². The van der Waals surface area contributed by atoms with Crippen molar-refractivity contribution in [3.05, 3.63) is 42.5 Å². The van der Waals surface area contributed by atoms with Crippen molar-refractivity contribution in [3.8, 4) is 0 Å². The molecule has 0 aliphatic rings. The predicted octanol–water partition coefficient (Wildman–Crippen LogP) is 3.75. The van der Waals surface area contributed by atoms with E-state index in [1.807, 2.05) is 11.8 Å². The van der Waals surface area contributed by atoms with Crippen LogP contribution in [0.2, 0.25) is 0 Å². The van der Waals surface area contributed by atoms with E-state index >= 15 is 0 Å². The van der Waals surface area contributed by atoms with Crippen molar-refractivity contribution in [1.29, 1.82) is 0 Å². The Kier molecular flexibility index (Phi) is 2.55. The fourth-order valence-electron chi connectivity index (χ4n) is 1.34. The summed E-state index contributed by atoms with van der Waals surface area (Å²) in [4.78, 5) is 1.24. The third-order valence-electron chi connectivity index (χ3n) is 1.93. The molecule has 13 heavy (non-hydrogen) atoms. The highest BCUT2D eigenvalue weighted by Gasteiger charge is 1.95. The summed E-state index contributed by atoms with van der Waals surface area (Å²) in [5.41, 5.74) is 0. The molecule has 0 nitrogen and oxygen atoms in total. The molecule has 0 fully saturated rings. The van der Waals surface area contributed by atoms with E-state index in [1.165, 1.54) is 15.7 Å². The summed E-state index contributed by atoms with van der Waals surface area (Å²) in [7, 11) is 0. The number of hydrogen-bond acceptors (Lipinski definition) is 1. The average Bonchev–Trinajstić information content (AvgIpc) is 2.18. The van der Waals surface area contributed by atoms with Gasteiger partial charge >= 0.3 is 0 Å². The maximum atomic E-state index is 3.39. The molecule has 0 unspecified atom stereocenters. The molecule has 0 saturated carbocycles. The zero-order valence-electron chi connectivity index (χ0n) is 7.58. The zero-order valence-corrected chi connectivity index (χ0v) is 8.40. The summed E-state index contributed by atoms with van der Waals surface area (Å²) < 4.78 is 0. The Morgan fingerprint density at radius 2 is 2.00 bits per heavy atom. The van der Waals surface area contributed by atoms with Crippen LogP contribution >= 0.6 is 11.8 Å². The van der Waals surface area contributed by atoms with Crippen molar-refractivity contribution in [2.75, 3.05) is 5.75 Å². The molecule has 0 N–H and O–H groups in total. The van der Waals surface area contributed by atoms with Crippen LogP contribution in [0.3, 0.4) is 0 Å². The van der Waals surface area contributed by atoms with Crippen molar-refractivity contribution < 1.29 is 0 Å². The van der Waals surface area contributed by atoms with Gasteiger partial charge in [0, 0.05) is 11.0 Å². The highest BCUT2D eigenvalue weighted by Crippen LogP contribution is 2.22. The average molecular weight is 187 g/mol. The van der Waals surface area contributed by atoms with E-state index in [0.717, 1.165) is 5.75 Å². The summed E-state index contributed by atoms with van der Waals surface area (Å²) in [5, 5.41) is 2.48. The van der Waals surface area contributed by atoms with E-state index < -0.39 is 0 Å². The van der Waals surface area contributed by atoms with Gasteiger partial charge in [0.2, 0.25) is 0 Å². The summed E-state index contributed by atoms with van der Waals surface area (Å²) in [5.74, 6) is 1.11. The van der Waals surface area contributed by atoms with Crippen LogP contribution in [0.4, 0.5) is 0 Å². The van der Waals surface area contributed by atoms with Crippen LogP contribution < -0.4 is 0 Å². The molecule has 0 bridgehead atoms. The molecule has 0 aliphatic heterocycles.